The average molecular weight is 532 g/mol. The summed E-state index contributed by atoms with van der Waals surface area (Å²) >= 11 is 5.60. The van der Waals surface area contributed by atoms with Gasteiger partial charge in [-0.1, -0.05) is 24.3 Å². The Kier molecular flexibility index (Phi) is 7.25. The molecule has 4 aromatic rings. The summed E-state index contributed by atoms with van der Waals surface area (Å²) in [5.41, 5.74) is 0.585. The van der Waals surface area contributed by atoms with Gasteiger partial charge in [-0.25, -0.2) is 24.5 Å². The second-order valence-electron chi connectivity index (χ2n) is 7.34. The quantitative estimate of drug-likeness (QED) is 0.268. The zero-order valence-electron chi connectivity index (χ0n) is 18.7. The van der Waals surface area contributed by atoms with Crippen molar-refractivity contribution in [3.63, 3.8) is 0 Å². The smallest absolute Gasteiger partial charge is 0.417 e. The van der Waals surface area contributed by atoms with Crippen molar-refractivity contribution in [3.05, 3.63) is 78.4 Å². The van der Waals surface area contributed by atoms with Crippen molar-refractivity contribution in [1.29, 1.82) is 0 Å². The van der Waals surface area contributed by atoms with Gasteiger partial charge < -0.3 is 15.4 Å². The highest BCUT2D eigenvalue weighted by Gasteiger charge is 2.33. The van der Waals surface area contributed by atoms with Crippen LogP contribution >= 0.6 is 11.6 Å². The van der Waals surface area contributed by atoms with Gasteiger partial charge in [0.05, 0.1) is 10.6 Å². The number of halogens is 4. The van der Waals surface area contributed by atoms with Crippen LogP contribution in [0, 0.1) is 0 Å². The van der Waals surface area contributed by atoms with Crippen molar-refractivity contribution >= 4 is 52.1 Å². The number of rotatable bonds is 6. The number of imidazole rings is 1. The van der Waals surface area contributed by atoms with Gasteiger partial charge in [-0.15, -0.1) is 0 Å². The number of hydrogen-bond acceptors (Lipinski definition) is 6. The van der Waals surface area contributed by atoms with E-state index in [0.717, 1.165) is 12.1 Å². The summed E-state index contributed by atoms with van der Waals surface area (Å²) in [6, 6.07) is 8.80. The first kappa shape index (κ1) is 25.4. The van der Waals surface area contributed by atoms with Gasteiger partial charge in [0.15, 0.2) is 17.0 Å². The molecule has 2 aromatic heterocycles. The van der Waals surface area contributed by atoms with Crippen LogP contribution in [-0.2, 0) is 10.9 Å². The van der Waals surface area contributed by atoms with Gasteiger partial charge in [0, 0.05) is 17.1 Å². The number of ether oxygens (including phenoxy) is 1. The number of carbonyl (C=O) groups excluding carboxylic acids is 2. The van der Waals surface area contributed by atoms with Crippen LogP contribution in [0.2, 0.25) is 5.02 Å². The Labute approximate surface area is 212 Å². The molecule has 2 heterocycles. The summed E-state index contributed by atoms with van der Waals surface area (Å²) < 4.78 is 45.6. The Morgan fingerprint density at radius 1 is 1.03 bits per heavy atom. The van der Waals surface area contributed by atoms with E-state index in [4.69, 9.17) is 16.3 Å². The van der Waals surface area contributed by atoms with E-state index in [0.29, 0.717) is 22.5 Å². The van der Waals surface area contributed by atoms with Crippen molar-refractivity contribution in [3.8, 4) is 5.69 Å². The molecular formula is C23H17ClF3N7O3. The predicted molar refractivity (Wildman–Crippen MR) is 131 cm³/mol. The molecule has 3 amide bonds. The maximum Gasteiger partial charge on any atom is 0.417 e. The van der Waals surface area contributed by atoms with Crippen LogP contribution < -0.4 is 16.0 Å². The third-order valence-corrected chi connectivity index (χ3v) is 5.15. The molecule has 0 bridgehead atoms. The monoisotopic (exact) mass is 531 g/mol. The molecular weight excluding hydrogens is 515 g/mol. The number of urea groups is 1. The molecule has 190 valence electrons. The fraction of sp³-hybridized carbons (Fsp3) is 0.0870. The lowest BCUT2D eigenvalue weighted by Gasteiger charge is -2.12. The standard InChI is InChI=1S/C23H17ClF3N7O3/c1-2-9-37-22(36)33-19-18-20(29-11-28-19)34(12-30-18)15-6-3-13(4-7-15)31-21(35)32-14-5-8-17(24)16(10-14)23(25,26)27/h2-8,10-12H,1,9H2,(H2,31,32,35)(H,28,29,33,36). The predicted octanol–water partition coefficient (Wildman–Crippen LogP) is 5.87. The number of fused-ring (bicyclic) bond motifs is 1. The van der Waals surface area contributed by atoms with Gasteiger partial charge in [0.25, 0.3) is 0 Å². The van der Waals surface area contributed by atoms with Gasteiger partial charge in [-0.3, -0.25) is 9.88 Å². The topological polar surface area (TPSA) is 123 Å². The van der Waals surface area contributed by atoms with Crippen LogP contribution in [0.1, 0.15) is 5.56 Å². The van der Waals surface area contributed by atoms with E-state index in [-0.39, 0.29) is 18.1 Å². The summed E-state index contributed by atoms with van der Waals surface area (Å²) in [5.74, 6) is 0.156. The van der Waals surface area contributed by atoms with Gasteiger partial charge in [-0.05, 0) is 42.5 Å². The zero-order valence-corrected chi connectivity index (χ0v) is 19.5. The summed E-state index contributed by atoms with van der Waals surface area (Å²) in [5, 5.41) is 6.90. The highest BCUT2D eigenvalue weighted by atomic mass is 35.5. The summed E-state index contributed by atoms with van der Waals surface area (Å²) in [6.45, 7) is 3.50. The zero-order chi connectivity index (χ0) is 26.6. The van der Waals surface area contributed by atoms with Crippen molar-refractivity contribution in [2.75, 3.05) is 22.6 Å². The maximum absolute atomic E-state index is 13.0. The van der Waals surface area contributed by atoms with Gasteiger partial charge >= 0.3 is 18.3 Å². The molecule has 0 atom stereocenters. The molecule has 0 unspecified atom stereocenters. The molecule has 10 nitrogen and oxygen atoms in total. The Morgan fingerprint density at radius 2 is 1.73 bits per heavy atom. The molecule has 0 aliphatic rings. The Balaban J connectivity index is 1.46. The second-order valence-corrected chi connectivity index (χ2v) is 7.75. The number of hydrogen-bond donors (Lipinski definition) is 3. The number of benzene rings is 2. The van der Waals surface area contributed by atoms with E-state index in [2.05, 4.69) is 37.5 Å². The first-order valence-corrected chi connectivity index (χ1v) is 10.8. The molecule has 0 radical (unpaired) electrons. The van der Waals surface area contributed by atoms with E-state index in [1.165, 1.54) is 24.8 Å². The highest BCUT2D eigenvalue weighted by molar-refractivity contribution is 6.31. The normalized spacial score (nSPS) is 11.1. The van der Waals surface area contributed by atoms with E-state index in [1.54, 1.807) is 28.8 Å². The van der Waals surface area contributed by atoms with Crippen LogP contribution in [0.15, 0.2) is 67.8 Å². The van der Waals surface area contributed by atoms with Gasteiger partial charge in [0.1, 0.15) is 19.3 Å². The van der Waals surface area contributed by atoms with E-state index >= 15 is 0 Å². The Hall–Kier alpha value is -4.65. The van der Waals surface area contributed by atoms with E-state index < -0.39 is 28.9 Å². The van der Waals surface area contributed by atoms with Crippen molar-refractivity contribution < 1.29 is 27.5 Å². The first-order valence-electron chi connectivity index (χ1n) is 10.4. The van der Waals surface area contributed by atoms with Crippen molar-refractivity contribution in [1.82, 2.24) is 19.5 Å². The van der Waals surface area contributed by atoms with Crippen molar-refractivity contribution in [2.24, 2.45) is 0 Å². The molecule has 14 heteroatoms. The number of nitrogens with one attached hydrogen (secondary N) is 3. The molecule has 0 saturated carbocycles. The lowest BCUT2D eigenvalue weighted by Crippen LogP contribution is -2.20. The van der Waals surface area contributed by atoms with Crippen LogP contribution in [-0.4, -0.2) is 38.3 Å². The van der Waals surface area contributed by atoms with Crippen LogP contribution in [0.3, 0.4) is 0 Å². The van der Waals surface area contributed by atoms with Crippen LogP contribution in [0.4, 0.5) is 40.0 Å². The summed E-state index contributed by atoms with van der Waals surface area (Å²) in [6.07, 6.45) is -1.22. The van der Waals surface area contributed by atoms with Crippen LogP contribution in [0.25, 0.3) is 16.9 Å². The first-order chi connectivity index (χ1) is 17.7. The molecule has 0 fully saturated rings. The molecule has 0 saturated heterocycles. The molecule has 0 aliphatic heterocycles. The van der Waals surface area contributed by atoms with E-state index in [9.17, 15) is 22.8 Å². The van der Waals surface area contributed by atoms with E-state index in [1.807, 2.05) is 0 Å². The number of carbonyl (C=O) groups is 2. The second kappa shape index (κ2) is 10.5. The SMILES string of the molecule is C=CCOC(=O)Nc1ncnc2c1ncn2-c1ccc(NC(=O)Nc2ccc(Cl)c(C(F)(F)F)c2)cc1. The number of anilines is 3. The third kappa shape index (κ3) is 5.95. The molecule has 4 rings (SSSR count). The third-order valence-electron chi connectivity index (χ3n) is 4.82. The van der Waals surface area contributed by atoms with Gasteiger partial charge in [-0.2, -0.15) is 13.2 Å². The Bertz CT molecular complexity index is 1470. The minimum Gasteiger partial charge on any atom is -0.445 e. The van der Waals surface area contributed by atoms with Crippen molar-refractivity contribution in [2.45, 2.75) is 6.18 Å². The van der Waals surface area contributed by atoms with Crippen LogP contribution in [0.5, 0.6) is 0 Å². The Morgan fingerprint density at radius 3 is 2.43 bits per heavy atom. The molecule has 2 aromatic carbocycles. The lowest BCUT2D eigenvalue weighted by molar-refractivity contribution is -0.137. The largest absolute Gasteiger partial charge is 0.445 e. The molecule has 3 N–H and O–H groups in total. The number of aromatic nitrogens is 4. The fourth-order valence-electron chi connectivity index (χ4n) is 3.20. The summed E-state index contributed by atoms with van der Waals surface area (Å²) in [4.78, 5) is 36.6. The maximum atomic E-state index is 13.0. The molecule has 37 heavy (non-hydrogen) atoms. The highest BCUT2D eigenvalue weighted by Crippen LogP contribution is 2.36. The molecule has 0 spiro atoms. The summed E-state index contributed by atoms with van der Waals surface area (Å²) in [7, 11) is 0. The number of alkyl halides is 3. The minimum absolute atomic E-state index is 0.0290. The number of nitrogens with zero attached hydrogens (tertiary/aromatic N) is 4. The number of amides is 3. The average Bonchev–Trinajstić information content (AvgIpc) is 3.29. The fourth-order valence-corrected chi connectivity index (χ4v) is 3.43. The van der Waals surface area contributed by atoms with Gasteiger partial charge in [0.2, 0.25) is 0 Å². The lowest BCUT2D eigenvalue weighted by atomic mass is 10.2. The minimum atomic E-state index is -4.66. The molecule has 0 aliphatic carbocycles.